The first kappa shape index (κ1) is 10.4. The molecule has 0 fully saturated rings. The van der Waals surface area contributed by atoms with E-state index in [1.807, 2.05) is 6.07 Å². The summed E-state index contributed by atoms with van der Waals surface area (Å²) in [7, 11) is 0. The van der Waals surface area contributed by atoms with Gasteiger partial charge in [0.15, 0.2) is 0 Å². The summed E-state index contributed by atoms with van der Waals surface area (Å²) in [5, 5.41) is 8.37. The van der Waals surface area contributed by atoms with Gasteiger partial charge in [-0.1, -0.05) is 23.4 Å². The number of nitrogens with zero attached hydrogens (tertiary/aromatic N) is 1. The Balaban J connectivity index is 3.11. The second-order valence-electron chi connectivity index (χ2n) is 2.49. The predicted molar refractivity (Wildman–Crippen MR) is 52.9 cm³/mol. The summed E-state index contributed by atoms with van der Waals surface area (Å²) >= 11 is 5.63. The Labute approximate surface area is 86.1 Å². The highest BCUT2D eigenvalue weighted by Gasteiger charge is 2.03. The molecule has 0 bridgehead atoms. The lowest BCUT2D eigenvalue weighted by molar-refractivity contribution is 0.628. The Morgan fingerprint density at radius 1 is 1.50 bits per heavy atom. The van der Waals surface area contributed by atoms with Crippen LogP contribution in [0, 0.1) is 29.0 Å². The van der Waals surface area contributed by atoms with Crippen molar-refractivity contribution in [3.8, 4) is 17.9 Å². The number of hydrogen-bond acceptors (Lipinski definition) is 2. The van der Waals surface area contributed by atoms with Gasteiger partial charge in [0.2, 0.25) is 0 Å². The van der Waals surface area contributed by atoms with Crippen molar-refractivity contribution in [2.24, 2.45) is 0 Å². The van der Waals surface area contributed by atoms with Gasteiger partial charge in [-0.3, -0.25) is 0 Å². The van der Waals surface area contributed by atoms with Crippen LogP contribution in [-0.4, -0.2) is 0 Å². The average molecular weight is 209 g/mol. The SMILES string of the molecule is N#CCC#Cc1cc(F)cc(Cl)c1N. The lowest BCUT2D eigenvalue weighted by atomic mass is 10.2. The standard InChI is InChI=1S/C10H6ClFN2/c11-9-6-8(12)5-7(10(9)14)3-1-2-4-13/h5-6H,2,14H2. The zero-order valence-electron chi connectivity index (χ0n) is 7.14. The molecule has 0 unspecified atom stereocenters. The van der Waals surface area contributed by atoms with Crippen LogP contribution in [-0.2, 0) is 0 Å². The van der Waals surface area contributed by atoms with Crippen molar-refractivity contribution in [2.45, 2.75) is 6.42 Å². The summed E-state index contributed by atoms with van der Waals surface area (Å²) in [5.74, 6) is 4.61. The van der Waals surface area contributed by atoms with Crippen LogP contribution in [0.3, 0.4) is 0 Å². The molecule has 0 saturated carbocycles. The summed E-state index contributed by atoms with van der Waals surface area (Å²) in [4.78, 5) is 0. The van der Waals surface area contributed by atoms with Gasteiger partial charge >= 0.3 is 0 Å². The van der Waals surface area contributed by atoms with Gasteiger partial charge in [0.1, 0.15) is 5.82 Å². The molecule has 14 heavy (non-hydrogen) atoms. The molecule has 2 N–H and O–H groups in total. The van der Waals surface area contributed by atoms with E-state index >= 15 is 0 Å². The van der Waals surface area contributed by atoms with E-state index in [1.165, 1.54) is 6.07 Å². The molecule has 0 amide bonds. The molecule has 0 atom stereocenters. The Morgan fingerprint density at radius 3 is 2.86 bits per heavy atom. The van der Waals surface area contributed by atoms with Gasteiger partial charge in [0.05, 0.1) is 28.8 Å². The zero-order chi connectivity index (χ0) is 10.6. The Morgan fingerprint density at radius 2 is 2.21 bits per heavy atom. The van der Waals surface area contributed by atoms with E-state index in [0.717, 1.165) is 6.07 Å². The van der Waals surface area contributed by atoms with E-state index in [9.17, 15) is 4.39 Å². The average Bonchev–Trinajstić information content (AvgIpc) is 2.13. The predicted octanol–water partition coefficient (Wildman–Crippen LogP) is 2.33. The molecular formula is C10H6ClFN2. The van der Waals surface area contributed by atoms with Gasteiger partial charge in [-0.15, -0.1) is 0 Å². The third-order valence-electron chi connectivity index (χ3n) is 1.48. The van der Waals surface area contributed by atoms with Gasteiger partial charge in [-0.05, 0) is 12.1 Å². The lowest BCUT2D eigenvalue weighted by Gasteiger charge is -2.00. The first-order valence-electron chi connectivity index (χ1n) is 3.75. The van der Waals surface area contributed by atoms with Crippen molar-refractivity contribution < 1.29 is 4.39 Å². The second kappa shape index (κ2) is 4.50. The number of halogens is 2. The van der Waals surface area contributed by atoms with E-state index in [0.29, 0.717) is 5.56 Å². The molecule has 1 rings (SSSR count). The third-order valence-corrected chi connectivity index (χ3v) is 1.80. The van der Waals surface area contributed by atoms with Gasteiger partial charge in [-0.2, -0.15) is 5.26 Å². The zero-order valence-corrected chi connectivity index (χ0v) is 7.90. The van der Waals surface area contributed by atoms with E-state index in [-0.39, 0.29) is 17.1 Å². The van der Waals surface area contributed by atoms with E-state index in [2.05, 4.69) is 11.8 Å². The van der Waals surface area contributed by atoms with Crippen molar-refractivity contribution in [1.82, 2.24) is 0 Å². The van der Waals surface area contributed by atoms with Crippen LogP contribution in [0.25, 0.3) is 0 Å². The second-order valence-corrected chi connectivity index (χ2v) is 2.89. The maximum Gasteiger partial charge on any atom is 0.126 e. The van der Waals surface area contributed by atoms with Crippen molar-refractivity contribution in [3.63, 3.8) is 0 Å². The number of nitrogens with two attached hydrogens (primary N) is 1. The molecule has 0 spiro atoms. The molecule has 0 aliphatic rings. The highest BCUT2D eigenvalue weighted by molar-refractivity contribution is 6.33. The lowest BCUT2D eigenvalue weighted by Crippen LogP contribution is -1.92. The molecular weight excluding hydrogens is 203 g/mol. The molecule has 0 saturated heterocycles. The van der Waals surface area contributed by atoms with Gasteiger partial charge in [0.25, 0.3) is 0 Å². The van der Waals surface area contributed by atoms with Crippen LogP contribution in [0.5, 0.6) is 0 Å². The molecule has 70 valence electrons. The minimum Gasteiger partial charge on any atom is -0.397 e. The number of anilines is 1. The Kier molecular flexibility index (Phi) is 3.34. The minimum absolute atomic E-state index is 0.0770. The Hall–Kier alpha value is -1.71. The fourth-order valence-corrected chi connectivity index (χ4v) is 1.07. The van der Waals surface area contributed by atoms with Crippen LogP contribution in [0.2, 0.25) is 5.02 Å². The summed E-state index contributed by atoms with van der Waals surface area (Å²) in [6, 6.07) is 4.15. The number of nitrogen functional groups attached to an aromatic ring is 1. The number of hydrogen-bond donors (Lipinski definition) is 1. The summed E-state index contributed by atoms with van der Waals surface area (Å²) in [5.41, 5.74) is 6.09. The molecule has 4 heteroatoms. The summed E-state index contributed by atoms with van der Waals surface area (Å²) in [6.45, 7) is 0. The molecule has 2 nitrogen and oxygen atoms in total. The maximum atomic E-state index is 12.8. The minimum atomic E-state index is -0.495. The van der Waals surface area contributed by atoms with Crippen molar-refractivity contribution in [1.29, 1.82) is 5.26 Å². The van der Waals surface area contributed by atoms with Gasteiger partial charge < -0.3 is 5.73 Å². The van der Waals surface area contributed by atoms with E-state index < -0.39 is 5.82 Å². The molecule has 0 radical (unpaired) electrons. The first-order chi connectivity index (χ1) is 6.65. The van der Waals surface area contributed by atoms with E-state index in [1.54, 1.807) is 0 Å². The van der Waals surface area contributed by atoms with E-state index in [4.69, 9.17) is 22.6 Å². The number of nitriles is 1. The monoisotopic (exact) mass is 208 g/mol. The van der Waals surface area contributed by atoms with Crippen LogP contribution in [0.1, 0.15) is 12.0 Å². The topological polar surface area (TPSA) is 49.8 Å². The first-order valence-corrected chi connectivity index (χ1v) is 4.13. The van der Waals surface area contributed by atoms with Gasteiger partial charge in [0, 0.05) is 0 Å². The third kappa shape index (κ3) is 2.39. The molecule has 1 aromatic carbocycles. The molecule has 0 aliphatic heterocycles. The summed E-state index contributed by atoms with van der Waals surface area (Å²) < 4.78 is 12.8. The fraction of sp³-hybridized carbons (Fsp3) is 0.100. The number of benzene rings is 1. The Bertz CT molecular complexity index is 452. The number of rotatable bonds is 0. The van der Waals surface area contributed by atoms with Crippen LogP contribution < -0.4 is 5.73 Å². The quantitative estimate of drug-likeness (QED) is 0.526. The van der Waals surface area contributed by atoms with Crippen molar-refractivity contribution in [2.75, 3.05) is 5.73 Å². The highest BCUT2D eigenvalue weighted by atomic mass is 35.5. The highest BCUT2D eigenvalue weighted by Crippen LogP contribution is 2.23. The van der Waals surface area contributed by atoms with Crippen LogP contribution in [0.15, 0.2) is 12.1 Å². The molecule has 1 aromatic rings. The van der Waals surface area contributed by atoms with Crippen LogP contribution >= 0.6 is 11.6 Å². The van der Waals surface area contributed by atoms with Crippen molar-refractivity contribution in [3.05, 3.63) is 28.5 Å². The smallest absolute Gasteiger partial charge is 0.126 e. The maximum absolute atomic E-state index is 12.8. The van der Waals surface area contributed by atoms with Crippen LogP contribution in [0.4, 0.5) is 10.1 Å². The molecule has 0 aliphatic carbocycles. The van der Waals surface area contributed by atoms with Gasteiger partial charge in [-0.25, -0.2) is 4.39 Å². The summed E-state index contributed by atoms with van der Waals surface area (Å²) in [6.07, 6.45) is 0.0770. The molecule has 0 heterocycles. The molecule has 0 aromatic heterocycles. The van der Waals surface area contributed by atoms with Crippen molar-refractivity contribution >= 4 is 17.3 Å². The fourth-order valence-electron chi connectivity index (χ4n) is 0.867. The normalized spacial score (nSPS) is 8.64. The largest absolute Gasteiger partial charge is 0.397 e.